The molecule has 0 bridgehead atoms. The topological polar surface area (TPSA) is 37.8 Å². The Morgan fingerprint density at radius 3 is 2.93 bits per heavy atom. The van der Waals surface area contributed by atoms with Crippen molar-refractivity contribution in [2.24, 2.45) is 0 Å². The van der Waals surface area contributed by atoms with Crippen LogP contribution in [-0.4, -0.2) is 16.6 Å². The van der Waals surface area contributed by atoms with Crippen LogP contribution in [0.1, 0.15) is 16.6 Å². The van der Waals surface area contributed by atoms with E-state index < -0.39 is 0 Å². The van der Waals surface area contributed by atoms with Gasteiger partial charge in [-0.25, -0.2) is 0 Å². The number of rotatable bonds is 3. The number of aromatic nitrogens is 2. The van der Waals surface area contributed by atoms with E-state index in [1.54, 1.807) is 11.3 Å². The Kier molecular flexibility index (Phi) is 3.12. The van der Waals surface area contributed by atoms with Gasteiger partial charge in [-0.2, -0.15) is 0 Å². The van der Waals surface area contributed by atoms with Crippen LogP contribution in [0, 0.1) is 0 Å². The first-order valence-electron chi connectivity index (χ1n) is 4.00. The van der Waals surface area contributed by atoms with E-state index in [4.69, 9.17) is 11.6 Å². The van der Waals surface area contributed by atoms with Gasteiger partial charge in [-0.1, -0.05) is 16.1 Å². The van der Waals surface area contributed by atoms with Crippen molar-refractivity contribution in [3.63, 3.8) is 0 Å². The van der Waals surface area contributed by atoms with Gasteiger partial charge in [-0.3, -0.25) is 0 Å². The van der Waals surface area contributed by atoms with Crippen LogP contribution in [0.25, 0.3) is 0 Å². The van der Waals surface area contributed by atoms with Crippen LogP contribution in [-0.2, 0) is 0 Å². The van der Waals surface area contributed by atoms with E-state index in [9.17, 15) is 0 Å². The summed E-state index contributed by atoms with van der Waals surface area (Å²) in [7, 11) is 1.89. The lowest BCUT2D eigenvalue weighted by atomic mass is 10.2. The molecule has 2 heterocycles. The van der Waals surface area contributed by atoms with Crippen LogP contribution < -0.4 is 5.32 Å². The molecule has 2 aromatic rings. The van der Waals surface area contributed by atoms with Gasteiger partial charge in [0.1, 0.15) is 0 Å². The molecular weight excluding hydrogens is 238 g/mol. The van der Waals surface area contributed by atoms with E-state index in [-0.39, 0.29) is 6.04 Å². The molecule has 0 spiro atoms. The maximum absolute atomic E-state index is 6.06. The number of halogens is 1. The van der Waals surface area contributed by atoms with E-state index in [1.807, 2.05) is 23.9 Å². The molecule has 0 aliphatic rings. The fourth-order valence-electron chi connectivity index (χ4n) is 1.22. The van der Waals surface area contributed by atoms with Crippen LogP contribution in [0.3, 0.4) is 0 Å². The molecule has 1 atom stereocenters. The minimum Gasteiger partial charge on any atom is -0.307 e. The molecule has 0 saturated heterocycles. The number of nitrogens with zero attached hydrogens (tertiary/aromatic N) is 2. The molecule has 0 aliphatic carbocycles. The Hall–Kier alpha value is -0.490. The maximum atomic E-state index is 6.06. The Morgan fingerprint density at radius 2 is 2.43 bits per heavy atom. The molecule has 1 unspecified atom stereocenters. The number of hydrogen-bond donors (Lipinski definition) is 1. The molecule has 0 fully saturated rings. The smallest absolute Gasteiger partial charge is 0.0978 e. The summed E-state index contributed by atoms with van der Waals surface area (Å²) in [4.78, 5) is 1.09. The van der Waals surface area contributed by atoms with Crippen molar-refractivity contribution < 1.29 is 0 Å². The standard InChI is InChI=1S/C8H8ClN3S2/c1-10-7(6-4-14-12-11-6)8-5(9)2-3-13-8/h2-4,7,10H,1H3. The summed E-state index contributed by atoms with van der Waals surface area (Å²) in [6.07, 6.45) is 0. The summed E-state index contributed by atoms with van der Waals surface area (Å²) in [6, 6.07) is 1.95. The van der Waals surface area contributed by atoms with Crippen LogP contribution >= 0.6 is 34.5 Å². The summed E-state index contributed by atoms with van der Waals surface area (Å²) < 4.78 is 3.84. The zero-order valence-electron chi connectivity index (χ0n) is 7.40. The van der Waals surface area contributed by atoms with Gasteiger partial charge in [0.2, 0.25) is 0 Å². The molecule has 0 saturated carbocycles. The lowest BCUT2D eigenvalue weighted by molar-refractivity contribution is 0.679. The monoisotopic (exact) mass is 245 g/mol. The minimum absolute atomic E-state index is 0.0567. The zero-order chi connectivity index (χ0) is 9.97. The summed E-state index contributed by atoms with van der Waals surface area (Å²) in [6.45, 7) is 0. The van der Waals surface area contributed by atoms with Gasteiger partial charge in [0, 0.05) is 10.3 Å². The molecule has 0 radical (unpaired) electrons. The van der Waals surface area contributed by atoms with Crippen LogP contribution in [0.5, 0.6) is 0 Å². The van der Waals surface area contributed by atoms with Crippen molar-refractivity contribution in [1.82, 2.24) is 14.9 Å². The third-order valence-electron chi connectivity index (χ3n) is 1.87. The van der Waals surface area contributed by atoms with E-state index in [0.29, 0.717) is 0 Å². The highest BCUT2D eigenvalue weighted by Gasteiger charge is 2.18. The first-order valence-corrected chi connectivity index (χ1v) is 6.09. The van der Waals surface area contributed by atoms with Crippen LogP contribution in [0.15, 0.2) is 16.8 Å². The molecule has 3 nitrogen and oxygen atoms in total. The van der Waals surface area contributed by atoms with Gasteiger partial charge < -0.3 is 5.32 Å². The predicted molar refractivity (Wildman–Crippen MR) is 60.1 cm³/mol. The molecular formula is C8H8ClN3S2. The Labute approximate surface area is 94.9 Å². The lowest BCUT2D eigenvalue weighted by Gasteiger charge is -2.11. The van der Waals surface area contributed by atoms with Crippen molar-refractivity contribution in [3.05, 3.63) is 32.4 Å². The normalized spacial score (nSPS) is 13.0. The largest absolute Gasteiger partial charge is 0.307 e. The number of nitrogens with one attached hydrogen (secondary N) is 1. The third kappa shape index (κ3) is 1.81. The first-order chi connectivity index (χ1) is 6.83. The van der Waals surface area contributed by atoms with Gasteiger partial charge in [0.05, 0.1) is 16.8 Å². The van der Waals surface area contributed by atoms with E-state index in [0.717, 1.165) is 15.6 Å². The van der Waals surface area contributed by atoms with Gasteiger partial charge in [-0.05, 0) is 30.0 Å². The molecule has 14 heavy (non-hydrogen) atoms. The molecule has 0 aromatic carbocycles. The average Bonchev–Trinajstić information content (AvgIpc) is 2.80. The van der Waals surface area contributed by atoms with Gasteiger partial charge >= 0.3 is 0 Å². The third-order valence-corrected chi connectivity index (χ3v) is 3.81. The molecule has 2 rings (SSSR count). The van der Waals surface area contributed by atoms with E-state index in [1.165, 1.54) is 11.5 Å². The van der Waals surface area contributed by atoms with Crippen molar-refractivity contribution in [2.45, 2.75) is 6.04 Å². The van der Waals surface area contributed by atoms with Crippen molar-refractivity contribution in [2.75, 3.05) is 7.05 Å². The maximum Gasteiger partial charge on any atom is 0.0978 e. The highest BCUT2D eigenvalue weighted by Crippen LogP contribution is 2.31. The Balaban J connectivity index is 2.36. The summed E-state index contributed by atoms with van der Waals surface area (Å²) in [5.41, 5.74) is 0.918. The second kappa shape index (κ2) is 4.35. The quantitative estimate of drug-likeness (QED) is 0.903. The Bertz CT molecular complexity index is 398. The summed E-state index contributed by atoms with van der Waals surface area (Å²) in [5, 5.41) is 11.9. The van der Waals surface area contributed by atoms with Crippen LogP contribution in [0.4, 0.5) is 0 Å². The highest BCUT2D eigenvalue weighted by molar-refractivity contribution is 7.10. The molecule has 74 valence electrons. The van der Waals surface area contributed by atoms with Gasteiger partial charge in [0.25, 0.3) is 0 Å². The molecule has 0 aliphatic heterocycles. The highest BCUT2D eigenvalue weighted by atomic mass is 35.5. The predicted octanol–water partition coefficient (Wildman–Crippen LogP) is 2.56. The Morgan fingerprint density at radius 1 is 1.57 bits per heavy atom. The zero-order valence-corrected chi connectivity index (χ0v) is 9.79. The fraction of sp³-hybridized carbons (Fsp3) is 0.250. The van der Waals surface area contributed by atoms with Gasteiger partial charge in [-0.15, -0.1) is 16.4 Å². The lowest BCUT2D eigenvalue weighted by Crippen LogP contribution is -2.17. The number of hydrogen-bond acceptors (Lipinski definition) is 5. The second-order valence-corrected chi connectivity index (χ2v) is 4.65. The molecule has 0 amide bonds. The van der Waals surface area contributed by atoms with E-state index in [2.05, 4.69) is 14.9 Å². The average molecular weight is 246 g/mol. The molecule has 6 heteroatoms. The second-order valence-electron chi connectivity index (χ2n) is 2.68. The SMILES string of the molecule is CNC(c1csnn1)c1sccc1Cl. The molecule has 2 aromatic heterocycles. The summed E-state index contributed by atoms with van der Waals surface area (Å²) >= 11 is 9.03. The fourth-order valence-corrected chi connectivity index (χ4v) is 2.99. The van der Waals surface area contributed by atoms with E-state index >= 15 is 0 Å². The first kappa shape index (κ1) is 10.0. The van der Waals surface area contributed by atoms with Crippen molar-refractivity contribution in [1.29, 1.82) is 0 Å². The van der Waals surface area contributed by atoms with Crippen molar-refractivity contribution in [3.8, 4) is 0 Å². The molecule has 1 N–H and O–H groups in total. The summed E-state index contributed by atoms with van der Waals surface area (Å²) in [5.74, 6) is 0. The van der Waals surface area contributed by atoms with Gasteiger partial charge in [0.15, 0.2) is 0 Å². The minimum atomic E-state index is 0.0567. The number of thiophene rings is 1. The van der Waals surface area contributed by atoms with Crippen LogP contribution in [0.2, 0.25) is 5.02 Å². The van der Waals surface area contributed by atoms with Crippen molar-refractivity contribution >= 4 is 34.5 Å².